The SMILES string of the molecule is Cc1cccc2c(C(=O)N[C@H]3CCOC3(C)C)coc12. The molecule has 1 N–H and O–H groups in total. The van der Waals surface area contributed by atoms with Crippen molar-refractivity contribution in [2.75, 3.05) is 6.61 Å². The molecule has 0 radical (unpaired) electrons. The van der Waals surface area contributed by atoms with Crippen molar-refractivity contribution in [3.63, 3.8) is 0 Å². The highest BCUT2D eigenvalue weighted by Gasteiger charge is 2.37. The van der Waals surface area contributed by atoms with Crippen molar-refractivity contribution in [2.24, 2.45) is 0 Å². The van der Waals surface area contributed by atoms with Crippen molar-refractivity contribution in [1.29, 1.82) is 0 Å². The van der Waals surface area contributed by atoms with Gasteiger partial charge in [-0.1, -0.05) is 18.2 Å². The molecule has 3 rings (SSSR count). The fraction of sp³-hybridized carbons (Fsp3) is 0.438. The van der Waals surface area contributed by atoms with Crippen molar-refractivity contribution in [3.8, 4) is 0 Å². The summed E-state index contributed by atoms with van der Waals surface area (Å²) in [5, 5.41) is 3.92. The molecule has 106 valence electrons. The first kappa shape index (κ1) is 13.2. The van der Waals surface area contributed by atoms with Crippen LogP contribution in [0.2, 0.25) is 0 Å². The smallest absolute Gasteiger partial charge is 0.255 e. The van der Waals surface area contributed by atoms with Crippen LogP contribution in [-0.2, 0) is 4.74 Å². The highest BCUT2D eigenvalue weighted by atomic mass is 16.5. The number of rotatable bonds is 2. The second-order valence-corrected chi connectivity index (χ2v) is 5.87. The Morgan fingerprint density at radius 2 is 2.20 bits per heavy atom. The van der Waals surface area contributed by atoms with Crippen molar-refractivity contribution >= 4 is 16.9 Å². The van der Waals surface area contributed by atoms with Crippen molar-refractivity contribution in [3.05, 3.63) is 35.6 Å². The molecule has 0 spiro atoms. The minimum Gasteiger partial charge on any atom is -0.463 e. The second kappa shape index (κ2) is 4.63. The molecule has 2 aromatic rings. The van der Waals surface area contributed by atoms with Gasteiger partial charge in [0.1, 0.15) is 11.8 Å². The molecule has 0 saturated carbocycles. The van der Waals surface area contributed by atoms with Gasteiger partial charge in [0.05, 0.1) is 17.2 Å². The third kappa shape index (κ3) is 2.10. The van der Waals surface area contributed by atoms with Gasteiger partial charge in [-0.05, 0) is 32.8 Å². The topological polar surface area (TPSA) is 51.5 Å². The summed E-state index contributed by atoms with van der Waals surface area (Å²) in [6.45, 7) is 6.66. The number of benzene rings is 1. The molecule has 0 bridgehead atoms. The normalized spacial score (nSPS) is 21.2. The molecule has 20 heavy (non-hydrogen) atoms. The first-order valence-corrected chi connectivity index (χ1v) is 6.91. The largest absolute Gasteiger partial charge is 0.463 e. The predicted octanol–water partition coefficient (Wildman–Crippen LogP) is 3.04. The van der Waals surface area contributed by atoms with Crippen LogP contribution in [0.15, 0.2) is 28.9 Å². The van der Waals surface area contributed by atoms with Crippen LogP contribution in [-0.4, -0.2) is 24.2 Å². The van der Waals surface area contributed by atoms with Gasteiger partial charge >= 0.3 is 0 Å². The van der Waals surface area contributed by atoms with Gasteiger partial charge in [0.2, 0.25) is 0 Å². The zero-order valence-corrected chi connectivity index (χ0v) is 12.0. The molecule has 1 amide bonds. The molecule has 0 unspecified atom stereocenters. The van der Waals surface area contributed by atoms with E-state index in [1.807, 2.05) is 39.0 Å². The number of carbonyl (C=O) groups excluding carboxylic acids is 1. The molecule has 1 aliphatic heterocycles. The molecular weight excluding hydrogens is 254 g/mol. The number of nitrogens with one attached hydrogen (secondary N) is 1. The lowest BCUT2D eigenvalue weighted by Crippen LogP contribution is -2.46. The molecule has 1 atom stereocenters. The monoisotopic (exact) mass is 273 g/mol. The van der Waals surface area contributed by atoms with Crippen molar-refractivity contribution in [2.45, 2.75) is 38.8 Å². The Labute approximate surface area is 118 Å². The first-order valence-electron chi connectivity index (χ1n) is 6.91. The number of furan rings is 1. The lowest BCUT2D eigenvalue weighted by molar-refractivity contribution is 0.0213. The van der Waals surface area contributed by atoms with Gasteiger partial charge in [-0.3, -0.25) is 4.79 Å². The van der Waals surface area contributed by atoms with Crippen LogP contribution in [0.25, 0.3) is 11.0 Å². The minimum absolute atomic E-state index is 0.0322. The van der Waals surface area contributed by atoms with Crippen molar-refractivity contribution in [1.82, 2.24) is 5.32 Å². The summed E-state index contributed by atoms with van der Waals surface area (Å²) in [4.78, 5) is 12.4. The average molecular weight is 273 g/mol. The maximum atomic E-state index is 12.4. The van der Waals surface area contributed by atoms with Crippen LogP contribution in [0.4, 0.5) is 0 Å². The number of aryl methyl sites for hydroxylation is 1. The summed E-state index contributed by atoms with van der Waals surface area (Å²) in [6, 6.07) is 5.86. The summed E-state index contributed by atoms with van der Waals surface area (Å²) in [5.41, 5.74) is 2.09. The van der Waals surface area contributed by atoms with E-state index in [-0.39, 0.29) is 17.6 Å². The maximum Gasteiger partial charge on any atom is 0.255 e. The number of fused-ring (bicyclic) bond motifs is 1. The molecule has 1 saturated heterocycles. The van der Waals surface area contributed by atoms with Gasteiger partial charge < -0.3 is 14.5 Å². The van der Waals surface area contributed by atoms with Crippen LogP contribution in [0, 0.1) is 6.92 Å². The van der Waals surface area contributed by atoms with Gasteiger partial charge in [-0.25, -0.2) is 0 Å². The highest BCUT2D eigenvalue weighted by molar-refractivity contribution is 6.06. The van der Waals surface area contributed by atoms with Crippen LogP contribution in [0.3, 0.4) is 0 Å². The number of carbonyl (C=O) groups is 1. The van der Waals surface area contributed by atoms with E-state index in [1.54, 1.807) is 0 Å². The van der Waals surface area contributed by atoms with Crippen LogP contribution < -0.4 is 5.32 Å². The molecule has 4 heteroatoms. The third-order valence-electron chi connectivity index (χ3n) is 4.07. The maximum absolute atomic E-state index is 12.4. The average Bonchev–Trinajstić information content (AvgIpc) is 2.95. The zero-order chi connectivity index (χ0) is 14.3. The Morgan fingerprint density at radius 1 is 1.40 bits per heavy atom. The van der Waals surface area contributed by atoms with E-state index in [1.165, 1.54) is 6.26 Å². The van der Waals surface area contributed by atoms with E-state index in [2.05, 4.69) is 5.32 Å². The van der Waals surface area contributed by atoms with E-state index < -0.39 is 0 Å². The van der Waals surface area contributed by atoms with E-state index in [0.29, 0.717) is 12.2 Å². The first-order chi connectivity index (χ1) is 9.49. The Hall–Kier alpha value is -1.81. The fourth-order valence-electron chi connectivity index (χ4n) is 2.75. The molecule has 2 heterocycles. The molecule has 1 aromatic carbocycles. The van der Waals surface area contributed by atoms with Crippen LogP contribution in [0.1, 0.15) is 36.2 Å². The van der Waals surface area contributed by atoms with Crippen LogP contribution in [0.5, 0.6) is 0 Å². The Bertz CT molecular complexity index is 657. The van der Waals surface area contributed by atoms with Gasteiger partial charge in [-0.2, -0.15) is 0 Å². The summed E-state index contributed by atoms with van der Waals surface area (Å²) in [6.07, 6.45) is 2.38. The summed E-state index contributed by atoms with van der Waals surface area (Å²) in [5.74, 6) is -0.0991. The predicted molar refractivity (Wildman–Crippen MR) is 76.9 cm³/mol. The Morgan fingerprint density at radius 3 is 2.90 bits per heavy atom. The van der Waals surface area contributed by atoms with E-state index >= 15 is 0 Å². The summed E-state index contributed by atoms with van der Waals surface area (Å²) >= 11 is 0. The highest BCUT2D eigenvalue weighted by Crippen LogP contribution is 2.27. The van der Waals surface area contributed by atoms with E-state index in [0.717, 1.165) is 23.0 Å². The number of hydrogen-bond acceptors (Lipinski definition) is 3. The van der Waals surface area contributed by atoms with Gasteiger partial charge in [0, 0.05) is 12.0 Å². The molecule has 0 aliphatic carbocycles. The van der Waals surface area contributed by atoms with Gasteiger partial charge in [-0.15, -0.1) is 0 Å². The standard InChI is InChI=1S/C16H19NO3/c1-10-5-4-6-11-12(9-19-14(10)11)15(18)17-13-7-8-20-16(13,2)3/h4-6,9,13H,7-8H2,1-3H3,(H,17,18)/t13-/m0/s1. The number of hydrogen-bond donors (Lipinski definition) is 1. The summed E-state index contributed by atoms with van der Waals surface area (Å²) < 4.78 is 11.2. The molecule has 1 aliphatic rings. The lowest BCUT2D eigenvalue weighted by Gasteiger charge is -2.26. The van der Waals surface area contributed by atoms with E-state index in [9.17, 15) is 4.79 Å². The zero-order valence-electron chi connectivity index (χ0n) is 12.0. The molecule has 4 nitrogen and oxygen atoms in total. The minimum atomic E-state index is -0.314. The quantitative estimate of drug-likeness (QED) is 0.915. The Kier molecular flexibility index (Phi) is 3.05. The van der Waals surface area contributed by atoms with Gasteiger partial charge in [0.15, 0.2) is 0 Å². The number of amides is 1. The number of para-hydroxylation sites is 1. The molecule has 1 aromatic heterocycles. The van der Waals surface area contributed by atoms with Crippen LogP contribution >= 0.6 is 0 Å². The lowest BCUT2D eigenvalue weighted by atomic mass is 9.98. The van der Waals surface area contributed by atoms with E-state index in [4.69, 9.17) is 9.15 Å². The third-order valence-corrected chi connectivity index (χ3v) is 4.07. The van der Waals surface area contributed by atoms with Gasteiger partial charge in [0.25, 0.3) is 5.91 Å². The van der Waals surface area contributed by atoms with Crippen molar-refractivity contribution < 1.29 is 13.9 Å². The number of ether oxygens (including phenoxy) is 1. The summed E-state index contributed by atoms with van der Waals surface area (Å²) in [7, 11) is 0. The Balaban J connectivity index is 1.88. The molecular formula is C16H19NO3. The molecule has 1 fully saturated rings. The second-order valence-electron chi connectivity index (χ2n) is 5.87. The fourth-order valence-corrected chi connectivity index (χ4v) is 2.75.